The zero-order valence-electron chi connectivity index (χ0n) is 14.6. The molecule has 1 amide bonds. The molecular weight excluding hydrogens is 358 g/mol. The van der Waals surface area contributed by atoms with Gasteiger partial charge in [0.2, 0.25) is 5.91 Å². The van der Waals surface area contributed by atoms with Crippen LogP contribution in [0.2, 0.25) is 0 Å². The Labute approximate surface area is 154 Å². The average Bonchev–Trinajstić information content (AvgIpc) is 2.63. The molecule has 0 bridgehead atoms. The van der Waals surface area contributed by atoms with Crippen molar-refractivity contribution in [2.24, 2.45) is 0 Å². The van der Waals surface area contributed by atoms with Gasteiger partial charge in [0.1, 0.15) is 16.3 Å². The molecule has 0 spiro atoms. The van der Waals surface area contributed by atoms with Crippen molar-refractivity contribution in [2.75, 3.05) is 20.0 Å². The molecule has 1 aromatic carbocycles. The first-order chi connectivity index (χ1) is 12.4. The number of hydrogen-bond acceptors (Lipinski definition) is 7. The average molecular weight is 377 g/mol. The van der Waals surface area contributed by atoms with Crippen LogP contribution >= 0.6 is 11.8 Å². The van der Waals surface area contributed by atoms with Gasteiger partial charge in [-0.3, -0.25) is 4.79 Å². The summed E-state index contributed by atoms with van der Waals surface area (Å²) in [4.78, 5) is 41.7. The number of aryl methyl sites for hydroxylation is 1. The molecule has 138 valence electrons. The first kappa shape index (κ1) is 19.5. The zero-order valence-corrected chi connectivity index (χ0v) is 15.4. The van der Waals surface area contributed by atoms with E-state index in [0.717, 1.165) is 17.3 Å². The van der Waals surface area contributed by atoms with Crippen molar-refractivity contribution in [3.63, 3.8) is 0 Å². The fourth-order valence-corrected chi connectivity index (χ4v) is 3.07. The Kier molecular flexibility index (Phi) is 6.79. The number of rotatable bonds is 7. The fraction of sp³-hybridized carbons (Fsp3) is 0.294. The van der Waals surface area contributed by atoms with E-state index in [-0.39, 0.29) is 22.2 Å². The minimum Gasteiger partial charge on any atom is -0.497 e. The van der Waals surface area contributed by atoms with Gasteiger partial charge in [0.25, 0.3) is 0 Å². The molecule has 2 rings (SSSR count). The van der Waals surface area contributed by atoms with E-state index in [1.54, 1.807) is 14.0 Å². The van der Waals surface area contributed by atoms with Gasteiger partial charge in [0, 0.05) is 12.2 Å². The number of methoxy groups -OCH3 is 2. The Morgan fingerprint density at radius 1 is 1.31 bits per heavy atom. The van der Waals surface area contributed by atoms with Gasteiger partial charge in [-0.1, -0.05) is 23.9 Å². The number of thioether (sulfide) groups is 1. The third kappa shape index (κ3) is 5.09. The topological polar surface area (TPSA) is 110 Å². The summed E-state index contributed by atoms with van der Waals surface area (Å²) in [6, 6.07) is 7.34. The Morgan fingerprint density at radius 2 is 2.08 bits per heavy atom. The van der Waals surface area contributed by atoms with Gasteiger partial charge in [0.15, 0.2) is 0 Å². The van der Waals surface area contributed by atoms with E-state index in [4.69, 9.17) is 9.47 Å². The number of nitrogens with one attached hydrogen (secondary N) is 2. The van der Waals surface area contributed by atoms with Crippen LogP contribution in [0.5, 0.6) is 5.75 Å². The largest absolute Gasteiger partial charge is 0.497 e. The maximum absolute atomic E-state index is 12.1. The van der Waals surface area contributed by atoms with Gasteiger partial charge in [-0.15, -0.1) is 0 Å². The van der Waals surface area contributed by atoms with Gasteiger partial charge in [0.05, 0.1) is 20.0 Å². The second-order valence-electron chi connectivity index (χ2n) is 5.26. The molecule has 0 fully saturated rings. The molecule has 8 nitrogen and oxygen atoms in total. The molecule has 0 atom stereocenters. The number of ether oxygens (including phenoxy) is 2. The highest BCUT2D eigenvalue weighted by atomic mass is 32.2. The number of H-pyrrole nitrogens is 1. The number of carbonyl (C=O) groups excluding carboxylic acids is 2. The van der Waals surface area contributed by atoms with Crippen molar-refractivity contribution < 1.29 is 19.1 Å². The van der Waals surface area contributed by atoms with Crippen LogP contribution < -0.4 is 15.7 Å². The summed E-state index contributed by atoms with van der Waals surface area (Å²) in [5, 5.41) is 2.93. The third-order valence-electron chi connectivity index (χ3n) is 3.44. The van der Waals surface area contributed by atoms with Crippen LogP contribution in [-0.2, 0) is 16.1 Å². The molecule has 0 saturated carbocycles. The van der Waals surface area contributed by atoms with Gasteiger partial charge >= 0.3 is 11.7 Å². The van der Waals surface area contributed by atoms with Crippen LogP contribution in [0, 0.1) is 6.92 Å². The predicted molar refractivity (Wildman–Crippen MR) is 96.5 cm³/mol. The summed E-state index contributed by atoms with van der Waals surface area (Å²) in [5.74, 6) is -0.167. The van der Waals surface area contributed by atoms with Crippen LogP contribution in [0.3, 0.4) is 0 Å². The number of aromatic amines is 1. The lowest BCUT2D eigenvalue weighted by atomic mass is 10.2. The smallest absolute Gasteiger partial charge is 0.346 e. The van der Waals surface area contributed by atoms with E-state index in [0.29, 0.717) is 18.0 Å². The first-order valence-electron chi connectivity index (χ1n) is 7.66. The zero-order chi connectivity index (χ0) is 19.1. The summed E-state index contributed by atoms with van der Waals surface area (Å²) < 4.78 is 9.84. The lowest BCUT2D eigenvalue weighted by Crippen LogP contribution is -2.25. The molecule has 1 aromatic heterocycles. The quantitative estimate of drug-likeness (QED) is 0.425. The van der Waals surface area contributed by atoms with Crippen molar-refractivity contribution in [2.45, 2.75) is 18.5 Å². The number of esters is 1. The summed E-state index contributed by atoms with van der Waals surface area (Å²) in [5.41, 5.74) is 0.798. The third-order valence-corrected chi connectivity index (χ3v) is 4.42. The van der Waals surface area contributed by atoms with Crippen molar-refractivity contribution in [1.29, 1.82) is 0 Å². The normalized spacial score (nSPS) is 10.3. The van der Waals surface area contributed by atoms with E-state index in [9.17, 15) is 14.4 Å². The first-order valence-corrected chi connectivity index (χ1v) is 8.64. The second-order valence-corrected chi connectivity index (χ2v) is 6.22. The molecule has 0 unspecified atom stereocenters. The van der Waals surface area contributed by atoms with Crippen LogP contribution in [0.4, 0.5) is 0 Å². The van der Waals surface area contributed by atoms with E-state index >= 15 is 0 Å². The summed E-state index contributed by atoms with van der Waals surface area (Å²) >= 11 is 1.00. The van der Waals surface area contributed by atoms with E-state index in [2.05, 4.69) is 15.3 Å². The highest BCUT2D eigenvalue weighted by Gasteiger charge is 2.19. The molecule has 2 aromatic rings. The van der Waals surface area contributed by atoms with E-state index in [1.807, 2.05) is 24.3 Å². The lowest BCUT2D eigenvalue weighted by Gasteiger charge is -2.09. The fourth-order valence-electron chi connectivity index (χ4n) is 2.17. The maximum Gasteiger partial charge on any atom is 0.346 e. The van der Waals surface area contributed by atoms with Crippen LogP contribution in [0.1, 0.15) is 21.6 Å². The molecule has 9 heteroatoms. The Morgan fingerprint density at radius 3 is 2.77 bits per heavy atom. The molecule has 0 aliphatic heterocycles. The maximum atomic E-state index is 12.1. The lowest BCUT2D eigenvalue weighted by molar-refractivity contribution is -0.118. The van der Waals surface area contributed by atoms with E-state index < -0.39 is 11.7 Å². The number of hydrogen-bond donors (Lipinski definition) is 2. The Balaban J connectivity index is 2.01. The molecule has 0 saturated heterocycles. The molecule has 2 N–H and O–H groups in total. The number of nitrogens with zero attached hydrogens (tertiary/aromatic N) is 1. The van der Waals surface area contributed by atoms with Gasteiger partial charge < -0.3 is 19.8 Å². The number of amides is 1. The molecule has 1 heterocycles. The summed E-state index contributed by atoms with van der Waals surface area (Å²) in [7, 11) is 2.81. The van der Waals surface area contributed by atoms with Crippen molar-refractivity contribution in [3.8, 4) is 5.75 Å². The van der Waals surface area contributed by atoms with Crippen molar-refractivity contribution >= 4 is 23.6 Å². The molecule has 0 aliphatic carbocycles. The molecule has 0 aliphatic rings. The Bertz CT molecular complexity index is 866. The SMILES string of the molecule is COC(=O)c1c(SCC(=O)NCc2cccc(OC)c2)nc(=O)[nH]c1C. The predicted octanol–water partition coefficient (Wildman–Crippen LogP) is 1.28. The van der Waals surface area contributed by atoms with Crippen molar-refractivity contribution in [1.82, 2.24) is 15.3 Å². The molecule has 26 heavy (non-hydrogen) atoms. The van der Waals surface area contributed by atoms with Crippen LogP contribution in [0.25, 0.3) is 0 Å². The van der Waals surface area contributed by atoms with Crippen LogP contribution in [0.15, 0.2) is 34.1 Å². The Hall–Kier alpha value is -2.81. The highest BCUT2D eigenvalue weighted by molar-refractivity contribution is 8.00. The van der Waals surface area contributed by atoms with Crippen LogP contribution in [-0.4, -0.2) is 41.8 Å². The second kappa shape index (κ2) is 9.04. The highest BCUT2D eigenvalue weighted by Crippen LogP contribution is 2.21. The number of carbonyl (C=O) groups is 2. The summed E-state index contributed by atoms with van der Waals surface area (Å²) in [6.07, 6.45) is 0. The minimum atomic E-state index is -0.620. The van der Waals surface area contributed by atoms with Crippen molar-refractivity contribution in [3.05, 3.63) is 51.6 Å². The number of aromatic nitrogens is 2. The minimum absolute atomic E-state index is 0.00383. The molecule has 0 radical (unpaired) electrons. The van der Waals surface area contributed by atoms with Gasteiger partial charge in [-0.25, -0.2) is 9.59 Å². The standard InChI is InChI=1S/C17H19N3O5S/c1-10-14(16(22)25-3)15(20-17(23)19-10)26-9-13(21)18-8-11-5-4-6-12(7-11)24-2/h4-7H,8-9H2,1-3H3,(H,18,21)(H,19,20,23). The monoisotopic (exact) mass is 377 g/mol. The van der Waals surface area contributed by atoms with Gasteiger partial charge in [-0.05, 0) is 24.6 Å². The molecular formula is C17H19N3O5S. The van der Waals surface area contributed by atoms with Gasteiger partial charge in [-0.2, -0.15) is 4.98 Å². The summed E-state index contributed by atoms with van der Waals surface area (Å²) in [6.45, 7) is 1.91. The number of benzene rings is 1. The van der Waals surface area contributed by atoms with E-state index in [1.165, 1.54) is 7.11 Å².